The van der Waals surface area contributed by atoms with E-state index in [0.717, 1.165) is 11.3 Å². The molecule has 9 heteroatoms. The van der Waals surface area contributed by atoms with Gasteiger partial charge >= 0.3 is 6.09 Å². The molecule has 0 bridgehead atoms. The zero-order valence-electron chi connectivity index (χ0n) is 18.0. The number of imidazole rings is 1. The number of amides is 2. The second-order valence-corrected chi connectivity index (χ2v) is 7.09. The Morgan fingerprint density at radius 2 is 1.82 bits per heavy atom. The van der Waals surface area contributed by atoms with Crippen molar-refractivity contribution in [2.45, 2.75) is 6.92 Å². The molecule has 0 aliphatic rings. The maximum Gasteiger partial charge on any atom is 0.411 e. The molecular formula is C24H20N6O3. The number of aromatic nitrogens is 3. The molecule has 0 aliphatic heterocycles. The van der Waals surface area contributed by atoms with Crippen molar-refractivity contribution in [2.75, 3.05) is 23.9 Å². The number of nitrogens with one attached hydrogen (secondary N) is 1. The lowest BCUT2D eigenvalue weighted by atomic mass is 10.1. The quantitative estimate of drug-likeness (QED) is 0.500. The van der Waals surface area contributed by atoms with E-state index in [0.29, 0.717) is 29.2 Å². The molecule has 0 spiro atoms. The minimum atomic E-state index is -0.513. The molecule has 9 nitrogen and oxygen atoms in total. The molecule has 0 radical (unpaired) electrons. The second-order valence-electron chi connectivity index (χ2n) is 7.09. The minimum absolute atomic E-state index is 0.245. The summed E-state index contributed by atoms with van der Waals surface area (Å²) in [5.74, 6) is -0.296. The minimum Gasteiger partial charge on any atom is -0.450 e. The van der Waals surface area contributed by atoms with Gasteiger partial charge in [0.15, 0.2) is 5.65 Å². The molecular weight excluding hydrogens is 420 g/mol. The van der Waals surface area contributed by atoms with E-state index in [4.69, 9.17) is 10.00 Å². The van der Waals surface area contributed by atoms with Gasteiger partial charge in [-0.3, -0.25) is 14.5 Å². The summed E-state index contributed by atoms with van der Waals surface area (Å²) >= 11 is 0. The average molecular weight is 440 g/mol. The van der Waals surface area contributed by atoms with E-state index < -0.39 is 6.09 Å². The first-order valence-corrected chi connectivity index (χ1v) is 10.2. The third-order valence-electron chi connectivity index (χ3n) is 5.01. The number of benzene rings is 2. The number of ether oxygens (including phenoxy) is 1. The zero-order valence-corrected chi connectivity index (χ0v) is 18.0. The van der Waals surface area contributed by atoms with Crippen molar-refractivity contribution >= 4 is 29.0 Å². The molecule has 2 aromatic carbocycles. The van der Waals surface area contributed by atoms with Gasteiger partial charge in [0.1, 0.15) is 5.69 Å². The van der Waals surface area contributed by atoms with Crippen LogP contribution in [0.3, 0.4) is 0 Å². The Bertz CT molecular complexity index is 1350. The first-order chi connectivity index (χ1) is 16.0. The standard InChI is InChI=1S/C24H20N6O3/c1-3-33-24(32)28-18-8-6-17(7-9-18)21-13-27-22-14-26-20(15-30(21)22)23(31)29(2)19-10-4-16(12-25)5-11-19/h4-11,13-15H,3H2,1-2H3,(H,28,32). The average Bonchev–Trinajstić information content (AvgIpc) is 3.27. The van der Waals surface area contributed by atoms with Crippen molar-refractivity contribution < 1.29 is 14.3 Å². The summed E-state index contributed by atoms with van der Waals surface area (Å²) in [6.45, 7) is 2.03. The van der Waals surface area contributed by atoms with E-state index in [-0.39, 0.29) is 11.6 Å². The lowest BCUT2D eigenvalue weighted by molar-refractivity contribution is 0.0987. The number of hydrogen-bond donors (Lipinski definition) is 1. The first-order valence-electron chi connectivity index (χ1n) is 10.2. The first kappa shape index (κ1) is 21.5. The van der Waals surface area contributed by atoms with E-state index >= 15 is 0 Å². The summed E-state index contributed by atoms with van der Waals surface area (Å²) in [5, 5.41) is 11.6. The molecule has 2 aromatic heterocycles. The summed E-state index contributed by atoms with van der Waals surface area (Å²) in [7, 11) is 1.65. The fourth-order valence-corrected chi connectivity index (χ4v) is 3.27. The number of carbonyl (C=O) groups is 2. The van der Waals surface area contributed by atoms with Gasteiger partial charge in [0, 0.05) is 30.2 Å². The Labute approximate surface area is 189 Å². The lowest BCUT2D eigenvalue weighted by Gasteiger charge is -2.17. The number of nitrogens with zero attached hydrogens (tertiary/aromatic N) is 5. The highest BCUT2D eigenvalue weighted by Crippen LogP contribution is 2.23. The highest BCUT2D eigenvalue weighted by Gasteiger charge is 2.17. The fourth-order valence-electron chi connectivity index (χ4n) is 3.27. The van der Waals surface area contributed by atoms with Gasteiger partial charge in [-0.25, -0.2) is 14.8 Å². The predicted octanol–water partition coefficient (Wildman–Crippen LogP) is 4.11. The van der Waals surface area contributed by atoms with Crippen LogP contribution in [0, 0.1) is 11.3 Å². The van der Waals surface area contributed by atoms with Gasteiger partial charge in [-0.15, -0.1) is 0 Å². The molecule has 164 valence electrons. The van der Waals surface area contributed by atoms with E-state index in [1.807, 2.05) is 12.1 Å². The Balaban J connectivity index is 1.60. The Morgan fingerprint density at radius 1 is 1.09 bits per heavy atom. The summed E-state index contributed by atoms with van der Waals surface area (Å²) in [4.78, 5) is 34.7. The van der Waals surface area contributed by atoms with Crippen molar-refractivity contribution in [1.82, 2.24) is 14.4 Å². The smallest absolute Gasteiger partial charge is 0.411 e. The van der Waals surface area contributed by atoms with Crippen LogP contribution in [0.25, 0.3) is 16.9 Å². The summed E-state index contributed by atoms with van der Waals surface area (Å²) < 4.78 is 6.68. The molecule has 0 aliphatic carbocycles. The number of rotatable bonds is 5. The summed E-state index contributed by atoms with van der Waals surface area (Å²) in [5.41, 5.74) is 4.23. The number of nitriles is 1. The van der Waals surface area contributed by atoms with Crippen LogP contribution in [0.2, 0.25) is 0 Å². The lowest BCUT2D eigenvalue weighted by Crippen LogP contribution is -2.27. The number of hydrogen-bond acceptors (Lipinski definition) is 6. The van der Waals surface area contributed by atoms with Crippen LogP contribution in [-0.4, -0.2) is 40.0 Å². The van der Waals surface area contributed by atoms with Crippen LogP contribution in [0.4, 0.5) is 16.2 Å². The monoisotopic (exact) mass is 440 g/mol. The normalized spacial score (nSPS) is 10.5. The van der Waals surface area contributed by atoms with Crippen LogP contribution in [0.5, 0.6) is 0 Å². The van der Waals surface area contributed by atoms with Crippen molar-refractivity contribution in [3.05, 3.63) is 78.4 Å². The Hall–Kier alpha value is -4.71. The molecule has 0 atom stereocenters. The topological polar surface area (TPSA) is 113 Å². The van der Waals surface area contributed by atoms with E-state index in [9.17, 15) is 9.59 Å². The largest absolute Gasteiger partial charge is 0.450 e. The molecule has 4 aromatic rings. The molecule has 33 heavy (non-hydrogen) atoms. The number of fused-ring (bicyclic) bond motifs is 1. The SMILES string of the molecule is CCOC(=O)Nc1ccc(-c2cnc3cnc(C(=O)N(C)c4ccc(C#N)cc4)cn23)cc1. The van der Waals surface area contributed by atoms with Crippen LogP contribution in [0.1, 0.15) is 23.0 Å². The highest BCUT2D eigenvalue weighted by molar-refractivity contribution is 6.04. The zero-order chi connectivity index (χ0) is 23.4. The van der Waals surface area contributed by atoms with Gasteiger partial charge in [-0.1, -0.05) is 12.1 Å². The van der Waals surface area contributed by atoms with Crippen LogP contribution >= 0.6 is 0 Å². The van der Waals surface area contributed by atoms with Gasteiger partial charge in [-0.2, -0.15) is 5.26 Å². The molecule has 0 unspecified atom stereocenters. The molecule has 2 amide bonds. The van der Waals surface area contributed by atoms with E-state index in [1.165, 1.54) is 4.90 Å². The van der Waals surface area contributed by atoms with Crippen LogP contribution in [-0.2, 0) is 4.74 Å². The predicted molar refractivity (Wildman–Crippen MR) is 123 cm³/mol. The van der Waals surface area contributed by atoms with Crippen molar-refractivity contribution in [3.63, 3.8) is 0 Å². The van der Waals surface area contributed by atoms with E-state index in [1.54, 1.807) is 73.4 Å². The molecule has 1 N–H and O–H groups in total. The molecule has 0 saturated carbocycles. The molecule has 0 fully saturated rings. The van der Waals surface area contributed by atoms with Crippen LogP contribution in [0.15, 0.2) is 67.1 Å². The Morgan fingerprint density at radius 3 is 2.48 bits per heavy atom. The van der Waals surface area contributed by atoms with Gasteiger partial charge < -0.3 is 9.64 Å². The molecule has 4 rings (SSSR count). The maximum atomic E-state index is 13.0. The Kier molecular flexibility index (Phi) is 6.00. The molecule has 0 saturated heterocycles. The second kappa shape index (κ2) is 9.20. The van der Waals surface area contributed by atoms with Crippen LogP contribution < -0.4 is 10.2 Å². The maximum absolute atomic E-state index is 13.0. The van der Waals surface area contributed by atoms with Gasteiger partial charge in [0.05, 0.1) is 36.3 Å². The van der Waals surface area contributed by atoms with Crippen molar-refractivity contribution in [2.24, 2.45) is 0 Å². The molecule has 2 heterocycles. The summed E-state index contributed by atoms with van der Waals surface area (Å²) in [6, 6.07) is 16.0. The van der Waals surface area contributed by atoms with Gasteiger partial charge in [0.2, 0.25) is 0 Å². The number of carbonyl (C=O) groups excluding carboxylic acids is 2. The van der Waals surface area contributed by atoms with Gasteiger partial charge in [-0.05, 0) is 43.3 Å². The number of anilines is 2. The highest BCUT2D eigenvalue weighted by atomic mass is 16.5. The summed E-state index contributed by atoms with van der Waals surface area (Å²) in [6.07, 6.45) is 4.37. The van der Waals surface area contributed by atoms with E-state index in [2.05, 4.69) is 21.4 Å². The third kappa shape index (κ3) is 4.50. The van der Waals surface area contributed by atoms with Crippen molar-refractivity contribution in [3.8, 4) is 17.3 Å². The van der Waals surface area contributed by atoms with Gasteiger partial charge in [0.25, 0.3) is 5.91 Å². The van der Waals surface area contributed by atoms with Crippen molar-refractivity contribution in [1.29, 1.82) is 5.26 Å². The fraction of sp³-hybridized carbons (Fsp3) is 0.125. The third-order valence-corrected chi connectivity index (χ3v) is 5.01.